The standard InChI is InChI=1S/C18H29N3O2/c1-5-19-17(20-12-18(22)9-6-10-18)21-14(3)15-11-13(2)7-8-16(15)23-4/h7-8,11,14,22H,5-6,9-10,12H2,1-4H3,(H2,19,20,21). The van der Waals surface area contributed by atoms with Crippen molar-refractivity contribution in [2.45, 2.75) is 51.7 Å². The van der Waals surface area contributed by atoms with Crippen LogP contribution in [0.5, 0.6) is 5.75 Å². The van der Waals surface area contributed by atoms with Crippen LogP contribution < -0.4 is 15.4 Å². The van der Waals surface area contributed by atoms with Crippen molar-refractivity contribution in [2.24, 2.45) is 4.99 Å². The van der Waals surface area contributed by atoms with Crippen LogP contribution in [0.1, 0.15) is 50.3 Å². The Bertz CT molecular complexity index is 553. The number of nitrogens with zero attached hydrogens (tertiary/aromatic N) is 1. The van der Waals surface area contributed by atoms with Gasteiger partial charge in [-0.05, 0) is 46.1 Å². The number of methoxy groups -OCH3 is 1. The Morgan fingerprint density at radius 1 is 1.43 bits per heavy atom. The molecule has 5 heteroatoms. The molecule has 0 aliphatic heterocycles. The molecule has 0 amide bonds. The van der Waals surface area contributed by atoms with Crippen molar-refractivity contribution < 1.29 is 9.84 Å². The highest BCUT2D eigenvalue weighted by atomic mass is 16.5. The lowest BCUT2D eigenvalue weighted by Gasteiger charge is -2.35. The average Bonchev–Trinajstić information content (AvgIpc) is 2.50. The van der Waals surface area contributed by atoms with Crippen LogP contribution >= 0.6 is 0 Å². The number of ether oxygens (including phenoxy) is 1. The summed E-state index contributed by atoms with van der Waals surface area (Å²) < 4.78 is 5.46. The summed E-state index contributed by atoms with van der Waals surface area (Å²) in [5.41, 5.74) is 1.69. The largest absolute Gasteiger partial charge is 0.496 e. The van der Waals surface area contributed by atoms with Crippen molar-refractivity contribution >= 4 is 5.96 Å². The molecule has 0 radical (unpaired) electrons. The first-order valence-electron chi connectivity index (χ1n) is 8.39. The average molecular weight is 319 g/mol. The molecule has 1 unspecified atom stereocenters. The molecule has 0 heterocycles. The highest BCUT2D eigenvalue weighted by Crippen LogP contribution is 2.31. The zero-order valence-corrected chi connectivity index (χ0v) is 14.6. The highest BCUT2D eigenvalue weighted by Gasteiger charge is 2.34. The first-order chi connectivity index (χ1) is 11.0. The Kier molecular flexibility index (Phi) is 5.88. The number of aryl methyl sites for hydroxylation is 1. The molecule has 0 saturated heterocycles. The van der Waals surface area contributed by atoms with E-state index in [1.54, 1.807) is 7.11 Å². The summed E-state index contributed by atoms with van der Waals surface area (Å²) in [6.45, 7) is 7.42. The molecule has 1 atom stereocenters. The zero-order chi connectivity index (χ0) is 16.9. The topological polar surface area (TPSA) is 65.9 Å². The summed E-state index contributed by atoms with van der Waals surface area (Å²) in [5.74, 6) is 1.59. The molecule has 1 aliphatic rings. The van der Waals surface area contributed by atoms with E-state index in [0.717, 1.165) is 43.1 Å². The van der Waals surface area contributed by atoms with E-state index >= 15 is 0 Å². The molecule has 5 nitrogen and oxygen atoms in total. The first-order valence-corrected chi connectivity index (χ1v) is 8.39. The summed E-state index contributed by atoms with van der Waals surface area (Å²) in [6, 6.07) is 6.21. The van der Waals surface area contributed by atoms with Gasteiger partial charge in [-0.1, -0.05) is 17.7 Å². The van der Waals surface area contributed by atoms with Crippen LogP contribution in [0.4, 0.5) is 0 Å². The quantitative estimate of drug-likeness (QED) is 0.557. The fraction of sp³-hybridized carbons (Fsp3) is 0.611. The second-order valence-corrected chi connectivity index (χ2v) is 6.38. The molecule has 3 N–H and O–H groups in total. The van der Waals surface area contributed by atoms with Gasteiger partial charge in [-0.25, -0.2) is 0 Å². The van der Waals surface area contributed by atoms with Crippen LogP contribution in [-0.2, 0) is 0 Å². The van der Waals surface area contributed by atoms with Gasteiger partial charge in [-0.2, -0.15) is 0 Å². The van der Waals surface area contributed by atoms with Crippen LogP contribution in [0, 0.1) is 6.92 Å². The van der Waals surface area contributed by atoms with E-state index < -0.39 is 5.60 Å². The van der Waals surface area contributed by atoms with Gasteiger partial charge in [0.05, 0.1) is 25.3 Å². The van der Waals surface area contributed by atoms with Crippen LogP contribution in [0.2, 0.25) is 0 Å². The van der Waals surface area contributed by atoms with Crippen LogP contribution in [0.3, 0.4) is 0 Å². The Balaban J connectivity index is 2.09. The van der Waals surface area contributed by atoms with Gasteiger partial charge in [-0.15, -0.1) is 0 Å². The molecule has 0 bridgehead atoms. The number of nitrogens with one attached hydrogen (secondary N) is 2. The van der Waals surface area contributed by atoms with Crippen LogP contribution in [0.15, 0.2) is 23.2 Å². The van der Waals surface area contributed by atoms with E-state index in [-0.39, 0.29) is 6.04 Å². The van der Waals surface area contributed by atoms with E-state index in [1.165, 1.54) is 5.56 Å². The second kappa shape index (κ2) is 7.68. The fourth-order valence-electron chi connectivity index (χ4n) is 2.76. The minimum Gasteiger partial charge on any atom is -0.496 e. The van der Waals surface area contributed by atoms with Gasteiger partial charge in [0.2, 0.25) is 0 Å². The van der Waals surface area contributed by atoms with E-state index in [9.17, 15) is 5.11 Å². The van der Waals surface area contributed by atoms with Crippen molar-refractivity contribution in [1.82, 2.24) is 10.6 Å². The molecular weight excluding hydrogens is 290 g/mol. The number of guanidine groups is 1. The Morgan fingerprint density at radius 2 is 2.17 bits per heavy atom. The van der Waals surface area contributed by atoms with E-state index in [0.29, 0.717) is 6.54 Å². The molecule has 128 valence electrons. The molecular formula is C18H29N3O2. The Hall–Kier alpha value is -1.75. The summed E-state index contributed by atoms with van der Waals surface area (Å²) in [5, 5.41) is 16.9. The minimum atomic E-state index is -0.605. The maximum absolute atomic E-state index is 10.2. The van der Waals surface area contributed by atoms with Crippen molar-refractivity contribution in [2.75, 3.05) is 20.2 Å². The van der Waals surface area contributed by atoms with Gasteiger partial charge in [-0.3, -0.25) is 4.99 Å². The van der Waals surface area contributed by atoms with Crippen molar-refractivity contribution in [1.29, 1.82) is 0 Å². The van der Waals surface area contributed by atoms with Gasteiger partial charge >= 0.3 is 0 Å². The lowest BCUT2D eigenvalue weighted by molar-refractivity contribution is -0.0236. The third kappa shape index (κ3) is 4.61. The lowest BCUT2D eigenvalue weighted by atomic mass is 9.80. The van der Waals surface area contributed by atoms with Crippen LogP contribution in [0.25, 0.3) is 0 Å². The van der Waals surface area contributed by atoms with Crippen molar-refractivity contribution in [3.63, 3.8) is 0 Å². The maximum atomic E-state index is 10.2. The SMILES string of the molecule is CCNC(=NCC1(O)CCC1)NC(C)c1cc(C)ccc1OC. The van der Waals surface area contributed by atoms with Gasteiger partial charge in [0.1, 0.15) is 5.75 Å². The number of rotatable bonds is 6. The van der Waals surface area contributed by atoms with Crippen molar-refractivity contribution in [3.05, 3.63) is 29.3 Å². The normalized spacial score (nSPS) is 18.0. The Labute approximate surface area is 139 Å². The maximum Gasteiger partial charge on any atom is 0.191 e. The molecule has 1 aromatic carbocycles. The molecule has 23 heavy (non-hydrogen) atoms. The monoisotopic (exact) mass is 319 g/mol. The molecule has 0 spiro atoms. The number of hydrogen-bond donors (Lipinski definition) is 3. The summed E-state index contributed by atoms with van der Waals surface area (Å²) in [7, 11) is 1.69. The van der Waals surface area contributed by atoms with Crippen LogP contribution in [-0.4, -0.2) is 36.9 Å². The molecule has 1 saturated carbocycles. The second-order valence-electron chi connectivity index (χ2n) is 6.38. The van der Waals surface area contributed by atoms with Crippen molar-refractivity contribution in [3.8, 4) is 5.75 Å². The van der Waals surface area contributed by atoms with Gasteiger partial charge in [0, 0.05) is 12.1 Å². The van der Waals surface area contributed by atoms with Gasteiger partial charge < -0.3 is 20.5 Å². The number of aliphatic imine (C=N–C) groups is 1. The predicted molar refractivity (Wildman–Crippen MR) is 94.1 cm³/mol. The zero-order valence-electron chi connectivity index (χ0n) is 14.6. The molecule has 2 rings (SSSR count). The lowest BCUT2D eigenvalue weighted by Crippen LogP contribution is -2.43. The number of hydrogen-bond acceptors (Lipinski definition) is 3. The summed E-state index contributed by atoms with van der Waals surface area (Å²) in [4.78, 5) is 4.55. The summed E-state index contributed by atoms with van der Waals surface area (Å²) >= 11 is 0. The van der Waals surface area contributed by atoms with Gasteiger partial charge in [0.15, 0.2) is 5.96 Å². The molecule has 1 aromatic rings. The number of benzene rings is 1. The molecule has 0 aromatic heterocycles. The Morgan fingerprint density at radius 3 is 2.74 bits per heavy atom. The van der Waals surface area contributed by atoms with Gasteiger partial charge in [0.25, 0.3) is 0 Å². The third-order valence-electron chi connectivity index (χ3n) is 4.36. The highest BCUT2D eigenvalue weighted by molar-refractivity contribution is 5.80. The molecule has 1 fully saturated rings. The first kappa shape index (κ1) is 17.6. The summed E-state index contributed by atoms with van der Waals surface area (Å²) in [6.07, 6.45) is 2.78. The van der Waals surface area contributed by atoms with E-state index in [4.69, 9.17) is 4.74 Å². The third-order valence-corrected chi connectivity index (χ3v) is 4.36. The fourth-order valence-corrected chi connectivity index (χ4v) is 2.76. The number of aliphatic hydroxyl groups is 1. The van der Waals surface area contributed by atoms with E-state index in [1.807, 2.05) is 19.1 Å². The van der Waals surface area contributed by atoms with E-state index in [2.05, 4.69) is 35.5 Å². The smallest absolute Gasteiger partial charge is 0.191 e. The minimum absolute atomic E-state index is 0.0543. The molecule has 1 aliphatic carbocycles. The predicted octanol–water partition coefficient (Wildman–Crippen LogP) is 2.53.